The molecule has 7 nitrogen and oxygen atoms in total. The fourth-order valence-corrected chi connectivity index (χ4v) is 1.13. The van der Waals surface area contributed by atoms with Crippen LogP contribution in [-0.2, 0) is 9.59 Å². The van der Waals surface area contributed by atoms with Gasteiger partial charge in [0.25, 0.3) is 0 Å². The summed E-state index contributed by atoms with van der Waals surface area (Å²) >= 11 is 0. The summed E-state index contributed by atoms with van der Waals surface area (Å²) in [4.78, 5) is 34.2. The van der Waals surface area contributed by atoms with Gasteiger partial charge in [-0.1, -0.05) is 13.3 Å². The molecule has 4 N–H and O–H groups in total. The maximum Gasteiger partial charge on any atom is 0.325 e. The van der Waals surface area contributed by atoms with E-state index in [0.717, 1.165) is 12.8 Å². The van der Waals surface area contributed by atoms with Gasteiger partial charge in [-0.25, -0.2) is 4.79 Å². The predicted molar refractivity (Wildman–Crippen MR) is 61.3 cm³/mol. The van der Waals surface area contributed by atoms with E-state index in [1.54, 1.807) is 0 Å². The molecule has 3 amide bonds. The van der Waals surface area contributed by atoms with Crippen LogP contribution in [0.1, 0.15) is 26.7 Å². The van der Waals surface area contributed by atoms with Gasteiger partial charge in [0.2, 0.25) is 5.91 Å². The lowest BCUT2D eigenvalue weighted by atomic mass is 10.3. The first-order chi connectivity index (χ1) is 7.88. The van der Waals surface area contributed by atoms with Crippen molar-refractivity contribution in [2.75, 3.05) is 13.1 Å². The van der Waals surface area contributed by atoms with Gasteiger partial charge in [-0.15, -0.1) is 0 Å². The van der Waals surface area contributed by atoms with Crippen LogP contribution >= 0.6 is 0 Å². The molecular formula is C10H19N3O4. The zero-order valence-corrected chi connectivity index (χ0v) is 10.1. The Balaban J connectivity index is 4.40. The maximum absolute atomic E-state index is 11.6. The molecule has 0 radical (unpaired) electrons. The SMILES string of the molecule is CCCCN(CC(N)=O)C(=O)N[C@@H](C)C(=O)O. The Labute approximate surface area is 100.0 Å². The average molecular weight is 245 g/mol. The number of carbonyl (C=O) groups is 3. The highest BCUT2D eigenvalue weighted by Gasteiger charge is 2.19. The fraction of sp³-hybridized carbons (Fsp3) is 0.700. The van der Waals surface area contributed by atoms with Gasteiger partial charge in [0.15, 0.2) is 0 Å². The predicted octanol–water partition coefficient (Wildman–Crippen LogP) is -0.243. The summed E-state index contributed by atoms with van der Waals surface area (Å²) in [6, 6.07) is -1.59. The van der Waals surface area contributed by atoms with E-state index >= 15 is 0 Å². The molecule has 0 aliphatic rings. The summed E-state index contributed by atoms with van der Waals surface area (Å²) in [5.41, 5.74) is 5.02. The van der Waals surface area contributed by atoms with Crippen LogP contribution in [0.25, 0.3) is 0 Å². The molecule has 1 atom stereocenters. The summed E-state index contributed by atoms with van der Waals surface area (Å²) in [7, 11) is 0. The number of aliphatic carboxylic acids is 1. The van der Waals surface area contributed by atoms with Crippen molar-refractivity contribution in [2.45, 2.75) is 32.7 Å². The van der Waals surface area contributed by atoms with Crippen molar-refractivity contribution in [1.29, 1.82) is 0 Å². The van der Waals surface area contributed by atoms with Gasteiger partial charge in [0, 0.05) is 6.54 Å². The Morgan fingerprint density at radius 1 is 1.41 bits per heavy atom. The van der Waals surface area contributed by atoms with E-state index in [9.17, 15) is 14.4 Å². The molecule has 0 aliphatic heterocycles. The Bertz CT molecular complexity index is 293. The van der Waals surface area contributed by atoms with Crippen LogP contribution in [0, 0.1) is 0 Å². The van der Waals surface area contributed by atoms with Crippen molar-refractivity contribution < 1.29 is 19.5 Å². The minimum absolute atomic E-state index is 0.210. The molecule has 0 aromatic rings. The number of carboxylic acids is 1. The minimum Gasteiger partial charge on any atom is -0.480 e. The molecule has 0 aliphatic carbocycles. The first-order valence-electron chi connectivity index (χ1n) is 5.45. The molecule has 0 saturated carbocycles. The normalized spacial score (nSPS) is 11.6. The Morgan fingerprint density at radius 2 is 2.00 bits per heavy atom. The van der Waals surface area contributed by atoms with Crippen LogP contribution in [-0.4, -0.2) is 47.0 Å². The summed E-state index contributed by atoms with van der Waals surface area (Å²) in [6.07, 6.45) is 1.58. The van der Waals surface area contributed by atoms with E-state index in [0.29, 0.717) is 6.54 Å². The smallest absolute Gasteiger partial charge is 0.325 e. The van der Waals surface area contributed by atoms with Gasteiger partial charge in [-0.05, 0) is 13.3 Å². The molecule has 0 bridgehead atoms. The third kappa shape index (κ3) is 6.39. The van der Waals surface area contributed by atoms with E-state index in [-0.39, 0.29) is 6.54 Å². The number of hydrogen-bond donors (Lipinski definition) is 3. The summed E-state index contributed by atoms with van der Waals surface area (Å²) < 4.78 is 0. The van der Waals surface area contributed by atoms with E-state index in [1.807, 2.05) is 6.92 Å². The van der Waals surface area contributed by atoms with Gasteiger partial charge < -0.3 is 21.1 Å². The van der Waals surface area contributed by atoms with Crippen LogP contribution in [0.5, 0.6) is 0 Å². The molecule has 0 saturated heterocycles. The standard InChI is InChI=1S/C10H19N3O4/c1-3-4-5-13(6-8(11)14)10(17)12-7(2)9(15)16/h7H,3-6H2,1-2H3,(H2,11,14)(H,12,17)(H,15,16)/t7-/m0/s1. The number of hydrogen-bond acceptors (Lipinski definition) is 3. The Morgan fingerprint density at radius 3 is 2.41 bits per heavy atom. The number of carboxylic acid groups (broad SMARTS) is 1. The zero-order chi connectivity index (χ0) is 13.4. The van der Waals surface area contributed by atoms with Gasteiger partial charge in [0.05, 0.1) is 0 Å². The number of rotatable bonds is 7. The molecule has 7 heteroatoms. The van der Waals surface area contributed by atoms with Crippen LogP contribution in [0.15, 0.2) is 0 Å². The Hall–Kier alpha value is -1.79. The Kier molecular flexibility index (Phi) is 6.69. The van der Waals surface area contributed by atoms with Gasteiger partial charge in [0.1, 0.15) is 12.6 Å². The highest BCUT2D eigenvalue weighted by molar-refractivity contribution is 5.85. The molecule has 0 aromatic carbocycles. The quantitative estimate of drug-likeness (QED) is 0.574. The fourth-order valence-electron chi connectivity index (χ4n) is 1.13. The van der Waals surface area contributed by atoms with E-state index in [1.165, 1.54) is 11.8 Å². The first-order valence-corrected chi connectivity index (χ1v) is 5.45. The summed E-state index contributed by atoms with van der Waals surface area (Å²) in [5.74, 6) is -1.76. The van der Waals surface area contributed by atoms with Crippen molar-refractivity contribution in [3.05, 3.63) is 0 Å². The minimum atomic E-state index is -1.13. The monoisotopic (exact) mass is 245 g/mol. The van der Waals surface area contributed by atoms with Crippen LogP contribution in [0.4, 0.5) is 4.79 Å². The largest absolute Gasteiger partial charge is 0.480 e. The topological polar surface area (TPSA) is 113 Å². The van der Waals surface area contributed by atoms with Crippen molar-refractivity contribution in [2.24, 2.45) is 5.73 Å². The van der Waals surface area contributed by atoms with Gasteiger partial charge in [-0.2, -0.15) is 0 Å². The third-order valence-electron chi connectivity index (χ3n) is 2.13. The van der Waals surface area contributed by atoms with E-state index in [2.05, 4.69) is 5.32 Å². The summed E-state index contributed by atoms with van der Waals surface area (Å²) in [5, 5.41) is 10.9. The van der Waals surface area contributed by atoms with E-state index in [4.69, 9.17) is 10.8 Å². The molecule has 98 valence electrons. The average Bonchev–Trinajstić information content (AvgIpc) is 2.23. The van der Waals surface area contributed by atoms with Crippen LogP contribution in [0.2, 0.25) is 0 Å². The molecule has 0 unspecified atom stereocenters. The lowest BCUT2D eigenvalue weighted by Crippen LogP contribution is -2.49. The highest BCUT2D eigenvalue weighted by Crippen LogP contribution is 1.97. The maximum atomic E-state index is 11.6. The second kappa shape index (κ2) is 7.48. The zero-order valence-electron chi connectivity index (χ0n) is 10.1. The van der Waals surface area contributed by atoms with Crippen LogP contribution < -0.4 is 11.1 Å². The van der Waals surface area contributed by atoms with Gasteiger partial charge in [-0.3, -0.25) is 9.59 Å². The molecule has 0 spiro atoms. The lowest BCUT2D eigenvalue weighted by molar-refractivity contribution is -0.138. The molecule has 0 fully saturated rings. The number of amides is 3. The highest BCUT2D eigenvalue weighted by atomic mass is 16.4. The number of carbonyl (C=O) groups excluding carboxylic acids is 2. The summed E-state index contributed by atoms with van der Waals surface area (Å²) in [6.45, 7) is 3.46. The number of primary amides is 1. The second-order valence-electron chi connectivity index (χ2n) is 3.75. The van der Waals surface area contributed by atoms with Crippen molar-refractivity contribution in [1.82, 2.24) is 10.2 Å². The molecule has 0 rings (SSSR count). The first kappa shape index (κ1) is 15.2. The molecular weight excluding hydrogens is 226 g/mol. The number of nitrogens with two attached hydrogens (primary N) is 1. The number of urea groups is 1. The second-order valence-corrected chi connectivity index (χ2v) is 3.75. The number of unbranched alkanes of at least 4 members (excludes halogenated alkanes) is 1. The van der Waals surface area contributed by atoms with Crippen molar-refractivity contribution in [3.63, 3.8) is 0 Å². The van der Waals surface area contributed by atoms with E-state index < -0.39 is 23.9 Å². The lowest BCUT2D eigenvalue weighted by Gasteiger charge is -2.22. The van der Waals surface area contributed by atoms with Crippen molar-refractivity contribution in [3.8, 4) is 0 Å². The number of nitrogens with zero attached hydrogens (tertiary/aromatic N) is 1. The molecule has 0 heterocycles. The number of nitrogens with one attached hydrogen (secondary N) is 1. The molecule has 0 aromatic heterocycles. The third-order valence-corrected chi connectivity index (χ3v) is 2.13. The van der Waals surface area contributed by atoms with Gasteiger partial charge >= 0.3 is 12.0 Å². The molecule has 17 heavy (non-hydrogen) atoms. The van der Waals surface area contributed by atoms with Crippen LogP contribution in [0.3, 0.4) is 0 Å². The van der Waals surface area contributed by atoms with Crippen molar-refractivity contribution >= 4 is 17.9 Å².